The third-order valence-corrected chi connectivity index (χ3v) is 3.36. The fourth-order valence-corrected chi connectivity index (χ4v) is 2.20. The summed E-state index contributed by atoms with van der Waals surface area (Å²) in [6.45, 7) is 9.11. The molecule has 20 heavy (non-hydrogen) atoms. The Morgan fingerprint density at radius 2 is 1.85 bits per heavy atom. The first kappa shape index (κ1) is 16.4. The van der Waals surface area contributed by atoms with Crippen LogP contribution in [-0.2, 0) is 17.9 Å². The average molecular weight is 279 g/mol. The molecule has 1 amide bonds. The van der Waals surface area contributed by atoms with Crippen LogP contribution in [0.4, 0.5) is 0 Å². The second-order valence-electron chi connectivity index (χ2n) is 4.90. The van der Waals surface area contributed by atoms with E-state index in [1.807, 2.05) is 49.9 Å². The number of rotatable bonds is 7. The van der Waals surface area contributed by atoms with Crippen molar-refractivity contribution < 1.29 is 4.79 Å². The molecule has 112 valence electrons. The number of likely N-dealkylation sites (N-methyl/N-ethyl adjacent to an activating group) is 2. The zero-order chi connectivity index (χ0) is 15.1. The molecule has 1 rings (SSSR count). The molecule has 0 bridgehead atoms. The van der Waals surface area contributed by atoms with Crippen molar-refractivity contribution >= 4 is 5.91 Å². The maximum atomic E-state index is 12.0. The molecule has 0 saturated heterocycles. The fraction of sp³-hybridized carbons (Fsp3) is 0.600. The van der Waals surface area contributed by atoms with Crippen LogP contribution < -0.4 is 5.56 Å². The van der Waals surface area contributed by atoms with Gasteiger partial charge in [0.05, 0.1) is 6.54 Å². The molecule has 0 aliphatic rings. The molecule has 0 fully saturated rings. The zero-order valence-electron chi connectivity index (χ0n) is 12.9. The van der Waals surface area contributed by atoms with Crippen LogP contribution in [0, 0.1) is 0 Å². The molecular weight excluding hydrogens is 254 g/mol. The summed E-state index contributed by atoms with van der Waals surface area (Å²) in [5.74, 6) is 0.140. The number of amides is 1. The van der Waals surface area contributed by atoms with Gasteiger partial charge < -0.3 is 9.47 Å². The largest absolute Gasteiger partial charge is 0.342 e. The lowest BCUT2D eigenvalue weighted by atomic mass is 10.2. The Labute approximate surface area is 120 Å². The van der Waals surface area contributed by atoms with Crippen LogP contribution in [0.5, 0.6) is 0 Å². The Balaban J connectivity index is 2.64. The number of hydrogen-bond acceptors (Lipinski definition) is 3. The maximum absolute atomic E-state index is 12.0. The van der Waals surface area contributed by atoms with Crippen molar-refractivity contribution in [2.45, 2.75) is 33.9 Å². The van der Waals surface area contributed by atoms with E-state index >= 15 is 0 Å². The van der Waals surface area contributed by atoms with Gasteiger partial charge in [0, 0.05) is 38.4 Å². The van der Waals surface area contributed by atoms with Gasteiger partial charge in [0.25, 0.3) is 5.56 Å². The van der Waals surface area contributed by atoms with Gasteiger partial charge in [-0.15, -0.1) is 0 Å². The molecule has 0 aromatic carbocycles. The molecular formula is C15H25N3O2. The van der Waals surface area contributed by atoms with Gasteiger partial charge in [-0.25, -0.2) is 0 Å². The molecule has 0 N–H and O–H groups in total. The molecule has 1 aromatic heterocycles. The molecule has 0 spiro atoms. The minimum atomic E-state index is 0.0121. The second-order valence-corrected chi connectivity index (χ2v) is 4.90. The molecule has 5 nitrogen and oxygen atoms in total. The zero-order valence-corrected chi connectivity index (χ0v) is 12.9. The summed E-state index contributed by atoms with van der Waals surface area (Å²) >= 11 is 0. The lowest BCUT2D eigenvalue weighted by molar-refractivity contribution is -0.131. The van der Waals surface area contributed by atoms with Crippen molar-refractivity contribution in [2.24, 2.45) is 0 Å². The monoisotopic (exact) mass is 279 g/mol. The van der Waals surface area contributed by atoms with E-state index in [1.165, 1.54) is 0 Å². The predicted molar refractivity (Wildman–Crippen MR) is 80.6 cm³/mol. The molecule has 0 aliphatic carbocycles. The van der Waals surface area contributed by atoms with Crippen molar-refractivity contribution in [1.82, 2.24) is 14.4 Å². The van der Waals surface area contributed by atoms with E-state index in [0.29, 0.717) is 19.6 Å². The lowest BCUT2D eigenvalue weighted by Gasteiger charge is -2.23. The average Bonchev–Trinajstić information content (AvgIpc) is 2.42. The molecule has 0 aliphatic heterocycles. The van der Waals surface area contributed by atoms with Crippen LogP contribution in [0.2, 0.25) is 0 Å². The van der Waals surface area contributed by atoms with Gasteiger partial charge in [-0.3, -0.25) is 14.5 Å². The van der Waals surface area contributed by atoms with Crippen LogP contribution in [0.3, 0.4) is 0 Å². The molecule has 1 aromatic rings. The highest BCUT2D eigenvalue weighted by Gasteiger charge is 2.12. The van der Waals surface area contributed by atoms with Crippen molar-refractivity contribution in [2.75, 3.05) is 26.7 Å². The minimum Gasteiger partial charge on any atom is -0.342 e. The minimum absolute atomic E-state index is 0.0121. The van der Waals surface area contributed by atoms with Crippen molar-refractivity contribution in [3.8, 4) is 0 Å². The van der Waals surface area contributed by atoms with Gasteiger partial charge in [0.15, 0.2) is 0 Å². The number of hydrogen-bond donors (Lipinski definition) is 0. The second kappa shape index (κ2) is 7.85. The first-order chi connectivity index (χ1) is 9.51. The Hall–Kier alpha value is -1.62. The van der Waals surface area contributed by atoms with Gasteiger partial charge in [-0.1, -0.05) is 6.07 Å². The Morgan fingerprint density at radius 1 is 1.20 bits per heavy atom. The third kappa shape index (κ3) is 4.49. The highest BCUT2D eigenvalue weighted by Crippen LogP contribution is 2.02. The third-order valence-electron chi connectivity index (χ3n) is 3.36. The van der Waals surface area contributed by atoms with E-state index in [-0.39, 0.29) is 11.5 Å². The molecule has 1 heterocycles. The first-order valence-corrected chi connectivity index (χ1v) is 7.17. The van der Waals surface area contributed by atoms with Gasteiger partial charge in [-0.2, -0.15) is 0 Å². The Morgan fingerprint density at radius 3 is 2.40 bits per heavy atom. The number of aromatic nitrogens is 1. The van der Waals surface area contributed by atoms with Gasteiger partial charge in [0.2, 0.25) is 5.91 Å². The first-order valence-electron chi connectivity index (χ1n) is 7.17. The molecule has 0 radical (unpaired) electrons. The maximum Gasteiger partial charge on any atom is 0.250 e. The van der Waals surface area contributed by atoms with Crippen LogP contribution in [0.1, 0.15) is 26.3 Å². The van der Waals surface area contributed by atoms with E-state index in [9.17, 15) is 9.59 Å². The summed E-state index contributed by atoms with van der Waals surface area (Å²) in [5, 5.41) is 0. The summed E-state index contributed by atoms with van der Waals surface area (Å²) in [7, 11) is 1.92. The number of aryl methyl sites for hydroxylation is 1. The number of pyridine rings is 1. The fourth-order valence-electron chi connectivity index (χ4n) is 2.20. The van der Waals surface area contributed by atoms with Crippen LogP contribution >= 0.6 is 0 Å². The normalized spacial score (nSPS) is 10.8. The number of nitrogens with zero attached hydrogens (tertiary/aromatic N) is 3. The lowest BCUT2D eigenvalue weighted by Crippen LogP contribution is -2.38. The Kier molecular flexibility index (Phi) is 6.45. The van der Waals surface area contributed by atoms with E-state index in [1.54, 1.807) is 10.6 Å². The summed E-state index contributed by atoms with van der Waals surface area (Å²) < 4.78 is 1.68. The number of carbonyl (C=O) groups is 1. The quantitative estimate of drug-likeness (QED) is 0.752. The van der Waals surface area contributed by atoms with E-state index in [4.69, 9.17) is 0 Å². The molecule has 0 atom stereocenters. The number of carbonyl (C=O) groups excluding carboxylic acids is 1. The Bertz CT molecular complexity index is 492. The van der Waals surface area contributed by atoms with Crippen molar-refractivity contribution in [3.05, 3.63) is 34.2 Å². The standard InChI is InChI=1S/C15H25N3O2/c1-5-17(6-2)15(20)12-16(4)10-13-8-9-14(19)18(7-3)11-13/h8-9,11H,5-7,10,12H2,1-4H3. The molecule has 0 unspecified atom stereocenters. The van der Waals surface area contributed by atoms with Gasteiger partial charge in [-0.05, 0) is 33.4 Å². The van der Waals surface area contributed by atoms with E-state index in [0.717, 1.165) is 18.7 Å². The molecule has 0 saturated carbocycles. The summed E-state index contributed by atoms with van der Waals surface area (Å²) in [6.07, 6.45) is 1.86. The van der Waals surface area contributed by atoms with E-state index < -0.39 is 0 Å². The SMILES string of the molecule is CCN(CC)C(=O)CN(C)Cc1ccc(=O)n(CC)c1. The van der Waals surface area contributed by atoms with E-state index in [2.05, 4.69) is 0 Å². The van der Waals surface area contributed by atoms with Crippen LogP contribution in [0.15, 0.2) is 23.1 Å². The highest BCUT2D eigenvalue weighted by molar-refractivity contribution is 5.78. The van der Waals surface area contributed by atoms with Crippen LogP contribution in [-0.4, -0.2) is 47.0 Å². The predicted octanol–water partition coefficient (Wildman–Crippen LogP) is 1.17. The summed E-state index contributed by atoms with van der Waals surface area (Å²) in [6, 6.07) is 3.41. The molecule has 5 heteroatoms. The highest BCUT2D eigenvalue weighted by atomic mass is 16.2. The van der Waals surface area contributed by atoms with Gasteiger partial charge >= 0.3 is 0 Å². The smallest absolute Gasteiger partial charge is 0.250 e. The van der Waals surface area contributed by atoms with Crippen molar-refractivity contribution in [3.63, 3.8) is 0 Å². The van der Waals surface area contributed by atoms with Crippen LogP contribution in [0.25, 0.3) is 0 Å². The van der Waals surface area contributed by atoms with Gasteiger partial charge in [0.1, 0.15) is 0 Å². The topological polar surface area (TPSA) is 45.6 Å². The summed E-state index contributed by atoms with van der Waals surface area (Å²) in [5.41, 5.74) is 1.06. The van der Waals surface area contributed by atoms with Crippen molar-refractivity contribution in [1.29, 1.82) is 0 Å². The summed E-state index contributed by atoms with van der Waals surface area (Å²) in [4.78, 5) is 27.3.